The minimum atomic E-state index is 0. The fourth-order valence-corrected chi connectivity index (χ4v) is 0.498. The number of anilines is 1. The summed E-state index contributed by atoms with van der Waals surface area (Å²) in [6, 6.07) is 0.250. The third kappa shape index (κ3) is 1.61. The lowest BCUT2D eigenvalue weighted by Gasteiger charge is -1.76. The molecule has 2 N–H and O–H groups in total. The predicted molar refractivity (Wildman–Crippen MR) is 37.6 cm³/mol. The summed E-state index contributed by atoms with van der Waals surface area (Å²) in [5.41, 5.74) is 6.07. The minimum Gasteiger partial charge on any atom is -0.429 e. The summed E-state index contributed by atoms with van der Waals surface area (Å²) in [7, 11) is 0. The van der Waals surface area contributed by atoms with E-state index in [1.54, 1.807) is 0 Å². The second-order valence-electron chi connectivity index (χ2n) is 1.69. The predicted octanol–water partition coefficient (Wildman–Crippen LogP) is 1.30. The van der Waals surface area contributed by atoms with Gasteiger partial charge in [0.25, 0.3) is 6.01 Å². The molecular formula is C5H9ClN2O. The van der Waals surface area contributed by atoms with Crippen LogP contribution >= 0.6 is 12.4 Å². The van der Waals surface area contributed by atoms with E-state index in [4.69, 9.17) is 10.2 Å². The molecule has 0 radical (unpaired) electrons. The van der Waals surface area contributed by atoms with Crippen LogP contribution in [0.3, 0.4) is 0 Å². The number of nitrogens with two attached hydrogens (primary N) is 1. The summed E-state index contributed by atoms with van der Waals surface area (Å²) in [4.78, 5) is 3.82. The van der Waals surface area contributed by atoms with Crippen molar-refractivity contribution in [2.45, 2.75) is 13.8 Å². The monoisotopic (exact) mass is 148 g/mol. The molecular weight excluding hydrogens is 140 g/mol. The van der Waals surface area contributed by atoms with Gasteiger partial charge in [-0.15, -0.1) is 12.4 Å². The number of oxazole rings is 1. The molecule has 0 unspecified atom stereocenters. The van der Waals surface area contributed by atoms with Gasteiger partial charge in [-0.05, 0) is 13.8 Å². The van der Waals surface area contributed by atoms with Crippen LogP contribution in [0, 0.1) is 13.8 Å². The van der Waals surface area contributed by atoms with Gasteiger partial charge < -0.3 is 10.2 Å². The van der Waals surface area contributed by atoms with Gasteiger partial charge in [-0.2, -0.15) is 4.98 Å². The molecule has 9 heavy (non-hydrogen) atoms. The smallest absolute Gasteiger partial charge is 0.292 e. The molecule has 1 rings (SSSR count). The van der Waals surface area contributed by atoms with Gasteiger partial charge in [0.15, 0.2) is 0 Å². The van der Waals surface area contributed by atoms with Gasteiger partial charge in [0.05, 0.1) is 5.69 Å². The van der Waals surface area contributed by atoms with E-state index in [1.807, 2.05) is 13.8 Å². The third-order valence-electron chi connectivity index (χ3n) is 1.05. The normalized spacial score (nSPS) is 8.67. The Morgan fingerprint density at radius 1 is 1.44 bits per heavy atom. The molecule has 0 fully saturated rings. The lowest BCUT2D eigenvalue weighted by atomic mass is 10.4. The van der Waals surface area contributed by atoms with Crippen molar-refractivity contribution in [2.75, 3.05) is 5.73 Å². The maximum atomic E-state index is 5.20. The van der Waals surface area contributed by atoms with E-state index < -0.39 is 0 Å². The van der Waals surface area contributed by atoms with Gasteiger partial charge in [-0.3, -0.25) is 0 Å². The average molecular weight is 149 g/mol. The standard InChI is InChI=1S/C5H8N2O.ClH/c1-3-4(2)8-5(6)7-3;/h1-2H3,(H2,6,7);1H. The van der Waals surface area contributed by atoms with E-state index in [0.29, 0.717) is 0 Å². The highest BCUT2D eigenvalue weighted by molar-refractivity contribution is 5.85. The molecule has 1 aromatic heterocycles. The van der Waals surface area contributed by atoms with Gasteiger partial charge >= 0.3 is 0 Å². The van der Waals surface area contributed by atoms with E-state index in [0.717, 1.165) is 11.5 Å². The minimum absolute atomic E-state index is 0. The molecule has 1 heterocycles. The van der Waals surface area contributed by atoms with Crippen LogP contribution in [0.15, 0.2) is 4.42 Å². The van der Waals surface area contributed by atoms with E-state index in [1.165, 1.54) is 0 Å². The van der Waals surface area contributed by atoms with E-state index >= 15 is 0 Å². The van der Waals surface area contributed by atoms with Crippen molar-refractivity contribution in [3.05, 3.63) is 11.5 Å². The van der Waals surface area contributed by atoms with Crippen molar-refractivity contribution in [3.8, 4) is 0 Å². The maximum absolute atomic E-state index is 5.20. The van der Waals surface area contributed by atoms with Crippen LogP contribution in [0.25, 0.3) is 0 Å². The molecule has 3 nitrogen and oxygen atoms in total. The summed E-state index contributed by atoms with van der Waals surface area (Å²) in [5.74, 6) is 0.794. The Morgan fingerprint density at radius 3 is 2.11 bits per heavy atom. The van der Waals surface area contributed by atoms with E-state index in [-0.39, 0.29) is 18.4 Å². The summed E-state index contributed by atoms with van der Waals surface area (Å²) in [5, 5.41) is 0. The molecule has 0 aliphatic carbocycles. The fraction of sp³-hybridized carbons (Fsp3) is 0.400. The first kappa shape index (κ1) is 8.30. The topological polar surface area (TPSA) is 52.0 Å². The molecule has 0 saturated carbocycles. The highest BCUT2D eigenvalue weighted by Gasteiger charge is 1.98. The molecule has 0 saturated heterocycles. The first-order valence-corrected chi connectivity index (χ1v) is 2.39. The summed E-state index contributed by atoms with van der Waals surface area (Å²) in [6.45, 7) is 3.69. The lowest BCUT2D eigenvalue weighted by molar-refractivity contribution is 0.546. The first-order valence-electron chi connectivity index (χ1n) is 2.39. The van der Waals surface area contributed by atoms with Gasteiger partial charge in [0.2, 0.25) is 0 Å². The Morgan fingerprint density at radius 2 is 2.00 bits per heavy atom. The van der Waals surface area contributed by atoms with Crippen LogP contribution in [0.5, 0.6) is 0 Å². The van der Waals surface area contributed by atoms with Crippen LogP contribution in [0.2, 0.25) is 0 Å². The number of rotatable bonds is 0. The van der Waals surface area contributed by atoms with Gasteiger partial charge in [-0.1, -0.05) is 0 Å². The highest BCUT2D eigenvalue weighted by atomic mass is 35.5. The van der Waals surface area contributed by atoms with Crippen LogP contribution in [-0.4, -0.2) is 4.98 Å². The second kappa shape index (κ2) is 2.73. The number of aryl methyl sites for hydroxylation is 2. The van der Waals surface area contributed by atoms with Crippen molar-refractivity contribution < 1.29 is 4.42 Å². The zero-order valence-corrected chi connectivity index (χ0v) is 6.16. The highest BCUT2D eigenvalue weighted by Crippen LogP contribution is 2.07. The zero-order chi connectivity index (χ0) is 6.15. The number of halogens is 1. The molecule has 0 bridgehead atoms. The third-order valence-corrected chi connectivity index (χ3v) is 1.05. The zero-order valence-electron chi connectivity index (χ0n) is 5.34. The molecule has 1 aromatic rings. The average Bonchev–Trinajstić information content (AvgIpc) is 1.85. The van der Waals surface area contributed by atoms with Crippen molar-refractivity contribution >= 4 is 18.4 Å². The Labute approximate surface area is 59.7 Å². The van der Waals surface area contributed by atoms with Gasteiger partial charge in [0, 0.05) is 0 Å². The van der Waals surface area contributed by atoms with E-state index in [2.05, 4.69) is 4.98 Å². The van der Waals surface area contributed by atoms with Crippen LogP contribution in [-0.2, 0) is 0 Å². The lowest BCUT2D eigenvalue weighted by Crippen LogP contribution is -1.81. The second-order valence-corrected chi connectivity index (χ2v) is 1.69. The number of nitrogen functional groups attached to an aromatic ring is 1. The molecule has 0 amide bonds. The van der Waals surface area contributed by atoms with Gasteiger partial charge in [0.1, 0.15) is 5.76 Å². The van der Waals surface area contributed by atoms with Crippen molar-refractivity contribution in [3.63, 3.8) is 0 Å². The van der Waals surface area contributed by atoms with Crippen molar-refractivity contribution in [1.82, 2.24) is 4.98 Å². The van der Waals surface area contributed by atoms with Crippen molar-refractivity contribution in [1.29, 1.82) is 0 Å². The number of aromatic nitrogens is 1. The van der Waals surface area contributed by atoms with Crippen LogP contribution < -0.4 is 5.73 Å². The summed E-state index contributed by atoms with van der Waals surface area (Å²) < 4.78 is 4.88. The van der Waals surface area contributed by atoms with E-state index in [9.17, 15) is 0 Å². The molecule has 0 aliphatic rings. The Bertz CT molecular complexity index is 177. The molecule has 52 valence electrons. The molecule has 0 atom stereocenters. The quantitative estimate of drug-likeness (QED) is 0.603. The summed E-state index contributed by atoms with van der Waals surface area (Å²) >= 11 is 0. The van der Waals surface area contributed by atoms with Gasteiger partial charge in [-0.25, -0.2) is 0 Å². The number of hydrogen-bond acceptors (Lipinski definition) is 3. The SMILES string of the molecule is Cc1nc(N)oc1C.Cl. The molecule has 0 aliphatic heterocycles. The summed E-state index contributed by atoms with van der Waals surface area (Å²) in [6.07, 6.45) is 0. The molecule has 0 spiro atoms. The first-order chi connectivity index (χ1) is 3.70. The fourth-order valence-electron chi connectivity index (χ4n) is 0.498. The maximum Gasteiger partial charge on any atom is 0.292 e. The van der Waals surface area contributed by atoms with Crippen LogP contribution in [0.4, 0.5) is 6.01 Å². The Balaban J connectivity index is 0.000000640. The Hall–Kier alpha value is -0.700. The Kier molecular flexibility index (Phi) is 2.52. The molecule has 4 heteroatoms. The molecule has 0 aromatic carbocycles. The van der Waals surface area contributed by atoms with Crippen molar-refractivity contribution in [2.24, 2.45) is 0 Å². The number of nitrogens with zero attached hydrogens (tertiary/aromatic N) is 1. The number of hydrogen-bond donors (Lipinski definition) is 1. The van der Waals surface area contributed by atoms with Crippen LogP contribution in [0.1, 0.15) is 11.5 Å². The largest absolute Gasteiger partial charge is 0.429 e.